The van der Waals surface area contributed by atoms with Gasteiger partial charge < -0.3 is 10.6 Å². The predicted molar refractivity (Wildman–Crippen MR) is 58.2 cm³/mol. The largest absolute Gasteiger partial charge is 0.374 e. The minimum atomic E-state index is -0.151. The van der Waals surface area contributed by atoms with Crippen molar-refractivity contribution in [3.05, 3.63) is 30.3 Å². The second-order valence-electron chi connectivity index (χ2n) is 3.09. The summed E-state index contributed by atoms with van der Waals surface area (Å²) in [6, 6.07) is 9.59. The van der Waals surface area contributed by atoms with Gasteiger partial charge in [0.15, 0.2) is 0 Å². The SMILES string of the molecule is CCC(Nc1ccccc1)C(=O)NC. The van der Waals surface area contributed by atoms with Gasteiger partial charge in [-0.1, -0.05) is 25.1 Å². The highest BCUT2D eigenvalue weighted by atomic mass is 16.2. The lowest BCUT2D eigenvalue weighted by Gasteiger charge is -2.16. The van der Waals surface area contributed by atoms with E-state index in [9.17, 15) is 4.79 Å². The first-order valence-electron chi connectivity index (χ1n) is 4.81. The molecule has 1 unspecified atom stereocenters. The van der Waals surface area contributed by atoms with Gasteiger partial charge in [-0.3, -0.25) is 4.79 Å². The molecule has 1 atom stereocenters. The van der Waals surface area contributed by atoms with Gasteiger partial charge >= 0.3 is 0 Å². The Morgan fingerprint density at radius 2 is 2.00 bits per heavy atom. The molecule has 1 rings (SSSR count). The minimum Gasteiger partial charge on any atom is -0.374 e. The molecule has 0 aliphatic rings. The van der Waals surface area contributed by atoms with Crippen LogP contribution >= 0.6 is 0 Å². The Morgan fingerprint density at radius 1 is 1.36 bits per heavy atom. The summed E-state index contributed by atoms with van der Waals surface area (Å²) in [5, 5.41) is 5.80. The Labute approximate surface area is 84.5 Å². The second kappa shape index (κ2) is 5.27. The summed E-state index contributed by atoms with van der Waals surface area (Å²) in [5.41, 5.74) is 0.975. The maximum absolute atomic E-state index is 11.4. The van der Waals surface area contributed by atoms with E-state index < -0.39 is 0 Å². The first-order chi connectivity index (χ1) is 6.77. The molecule has 0 bridgehead atoms. The molecule has 0 aliphatic carbocycles. The average molecular weight is 192 g/mol. The predicted octanol–water partition coefficient (Wildman–Crippen LogP) is 1.62. The van der Waals surface area contributed by atoms with Gasteiger partial charge in [-0.25, -0.2) is 0 Å². The van der Waals surface area contributed by atoms with Crippen LogP contribution in [0.15, 0.2) is 30.3 Å². The third-order valence-electron chi connectivity index (χ3n) is 2.09. The van der Waals surface area contributed by atoms with Crippen molar-refractivity contribution in [1.29, 1.82) is 0 Å². The van der Waals surface area contributed by atoms with E-state index in [4.69, 9.17) is 0 Å². The van der Waals surface area contributed by atoms with Crippen molar-refractivity contribution < 1.29 is 4.79 Å². The molecule has 14 heavy (non-hydrogen) atoms. The summed E-state index contributed by atoms with van der Waals surface area (Å²) < 4.78 is 0. The first-order valence-corrected chi connectivity index (χ1v) is 4.81. The highest BCUT2D eigenvalue weighted by molar-refractivity contribution is 5.84. The fourth-order valence-electron chi connectivity index (χ4n) is 1.26. The number of rotatable bonds is 4. The summed E-state index contributed by atoms with van der Waals surface area (Å²) in [5.74, 6) is 0.0244. The van der Waals surface area contributed by atoms with Gasteiger partial charge in [0.25, 0.3) is 0 Å². The molecule has 76 valence electrons. The molecule has 0 saturated heterocycles. The van der Waals surface area contributed by atoms with Crippen LogP contribution < -0.4 is 10.6 Å². The van der Waals surface area contributed by atoms with E-state index in [1.807, 2.05) is 37.3 Å². The van der Waals surface area contributed by atoms with Crippen LogP contribution in [-0.4, -0.2) is 19.0 Å². The lowest BCUT2D eigenvalue weighted by Crippen LogP contribution is -2.37. The molecule has 0 saturated carbocycles. The van der Waals surface area contributed by atoms with E-state index in [2.05, 4.69) is 10.6 Å². The summed E-state index contributed by atoms with van der Waals surface area (Å²) >= 11 is 0. The van der Waals surface area contributed by atoms with Crippen LogP contribution in [0.3, 0.4) is 0 Å². The molecule has 1 aromatic rings. The number of carbonyl (C=O) groups excluding carboxylic acids is 1. The first kappa shape index (κ1) is 10.6. The third-order valence-corrected chi connectivity index (χ3v) is 2.09. The smallest absolute Gasteiger partial charge is 0.242 e. The van der Waals surface area contributed by atoms with Gasteiger partial charge in [0, 0.05) is 12.7 Å². The maximum atomic E-state index is 11.4. The number of para-hydroxylation sites is 1. The van der Waals surface area contributed by atoms with Crippen LogP contribution in [-0.2, 0) is 4.79 Å². The number of benzene rings is 1. The highest BCUT2D eigenvalue weighted by Gasteiger charge is 2.13. The molecule has 0 fully saturated rings. The van der Waals surface area contributed by atoms with Crippen LogP contribution in [0.4, 0.5) is 5.69 Å². The van der Waals surface area contributed by atoms with Crippen LogP contribution in [0.5, 0.6) is 0 Å². The van der Waals surface area contributed by atoms with E-state index in [1.165, 1.54) is 0 Å². The van der Waals surface area contributed by atoms with Crippen LogP contribution in [0.25, 0.3) is 0 Å². The molecule has 3 nitrogen and oxygen atoms in total. The summed E-state index contributed by atoms with van der Waals surface area (Å²) in [7, 11) is 1.65. The van der Waals surface area contributed by atoms with Gasteiger partial charge in [0.1, 0.15) is 6.04 Å². The Hall–Kier alpha value is -1.51. The normalized spacial score (nSPS) is 11.9. The van der Waals surface area contributed by atoms with E-state index >= 15 is 0 Å². The number of likely N-dealkylation sites (N-methyl/N-ethyl adjacent to an activating group) is 1. The monoisotopic (exact) mass is 192 g/mol. The summed E-state index contributed by atoms with van der Waals surface area (Å²) in [4.78, 5) is 11.4. The fourth-order valence-corrected chi connectivity index (χ4v) is 1.26. The van der Waals surface area contributed by atoms with Crippen LogP contribution in [0.1, 0.15) is 13.3 Å². The van der Waals surface area contributed by atoms with Gasteiger partial charge in [0.2, 0.25) is 5.91 Å². The number of anilines is 1. The lowest BCUT2D eigenvalue weighted by atomic mass is 10.2. The van der Waals surface area contributed by atoms with Crippen LogP contribution in [0.2, 0.25) is 0 Å². The van der Waals surface area contributed by atoms with Crippen molar-refractivity contribution in [3.8, 4) is 0 Å². The molecule has 0 aliphatic heterocycles. The van der Waals surface area contributed by atoms with Gasteiger partial charge in [-0.05, 0) is 18.6 Å². The van der Waals surface area contributed by atoms with Crippen molar-refractivity contribution in [2.75, 3.05) is 12.4 Å². The maximum Gasteiger partial charge on any atom is 0.242 e. The Bertz CT molecular complexity index is 285. The van der Waals surface area contributed by atoms with Crippen molar-refractivity contribution >= 4 is 11.6 Å². The molecule has 0 aromatic heterocycles. The van der Waals surface area contributed by atoms with Gasteiger partial charge in [-0.15, -0.1) is 0 Å². The second-order valence-corrected chi connectivity index (χ2v) is 3.09. The molecule has 0 radical (unpaired) electrons. The van der Waals surface area contributed by atoms with E-state index in [0.29, 0.717) is 0 Å². The quantitative estimate of drug-likeness (QED) is 0.761. The van der Waals surface area contributed by atoms with Crippen LogP contribution in [0, 0.1) is 0 Å². The minimum absolute atomic E-state index is 0.0244. The number of hydrogen-bond donors (Lipinski definition) is 2. The molecule has 0 heterocycles. The Balaban J connectivity index is 2.62. The molecule has 3 heteroatoms. The van der Waals surface area contributed by atoms with E-state index in [-0.39, 0.29) is 11.9 Å². The van der Waals surface area contributed by atoms with E-state index in [1.54, 1.807) is 7.05 Å². The van der Waals surface area contributed by atoms with Crippen molar-refractivity contribution in [2.24, 2.45) is 0 Å². The molecular formula is C11H16N2O. The lowest BCUT2D eigenvalue weighted by molar-refractivity contribution is -0.121. The fraction of sp³-hybridized carbons (Fsp3) is 0.364. The molecule has 1 aromatic carbocycles. The third kappa shape index (κ3) is 2.76. The molecular weight excluding hydrogens is 176 g/mol. The summed E-state index contributed by atoms with van der Waals surface area (Å²) in [6.07, 6.45) is 0.772. The van der Waals surface area contributed by atoms with Crippen molar-refractivity contribution in [2.45, 2.75) is 19.4 Å². The molecule has 0 spiro atoms. The Kier molecular flexibility index (Phi) is 3.98. The zero-order chi connectivity index (χ0) is 10.4. The topological polar surface area (TPSA) is 41.1 Å². The molecule has 2 N–H and O–H groups in total. The standard InChI is InChI=1S/C11H16N2O/c1-3-10(11(14)12-2)13-9-7-5-4-6-8-9/h4-8,10,13H,3H2,1-2H3,(H,12,14). The van der Waals surface area contributed by atoms with E-state index in [0.717, 1.165) is 12.1 Å². The van der Waals surface area contributed by atoms with Crippen molar-refractivity contribution in [3.63, 3.8) is 0 Å². The van der Waals surface area contributed by atoms with Gasteiger partial charge in [-0.2, -0.15) is 0 Å². The van der Waals surface area contributed by atoms with Gasteiger partial charge in [0.05, 0.1) is 0 Å². The Morgan fingerprint density at radius 3 is 2.50 bits per heavy atom. The average Bonchev–Trinajstić information content (AvgIpc) is 2.26. The number of carbonyl (C=O) groups is 1. The zero-order valence-corrected chi connectivity index (χ0v) is 8.58. The molecule has 1 amide bonds. The summed E-state index contributed by atoms with van der Waals surface area (Å²) in [6.45, 7) is 1.98. The number of nitrogens with one attached hydrogen (secondary N) is 2. The van der Waals surface area contributed by atoms with Crippen molar-refractivity contribution in [1.82, 2.24) is 5.32 Å². The zero-order valence-electron chi connectivity index (χ0n) is 8.58. The number of amides is 1. The highest BCUT2D eigenvalue weighted by Crippen LogP contribution is 2.08. The number of hydrogen-bond acceptors (Lipinski definition) is 2.